The zero-order valence-corrected chi connectivity index (χ0v) is 15.8. The van der Waals surface area contributed by atoms with E-state index in [4.69, 9.17) is 10.5 Å². The fourth-order valence-corrected chi connectivity index (χ4v) is 3.37. The smallest absolute Gasteiger partial charge is 0.182 e. The van der Waals surface area contributed by atoms with E-state index in [-0.39, 0.29) is 17.6 Å². The van der Waals surface area contributed by atoms with Crippen molar-refractivity contribution in [1.82, 2.24) is 10.3 Å². The first kappa shape index (κ1) is 19.1. The molecule has 0 spiro atoms. The zero-order valence-electron chi connectivity index (χ0n) is 15.8. The molecule has 29 heavy (non-hydrogen) atoms. The Morgan fingerprint density at radius 1 is 1.31 bits per heavy atom. The summed E-state index contributed by atoms with van der Waals surface area (Å²) in [5.41, 5.74) is 8.61. The predicted octanol–water partition coefficient (Wildman–Crippen LogP) is 2.29. The van der Waals surface area contributed by atoms with Crippen LogP contribution in [0, 0.1) is 17.1 Å². The summed E-state index contributed by atoms with van der Waals surface area (Å²) < 4.78 is 19.2. The first-order valence-electron chi connectivity index (χ1n) is 9.47. The topological polar surface area (TPSA) is 99.6 Å². The minimum atomic E-state index is -0.681. The number of aliphatic imine (C=N–C) groups is 1. The van der Waals surface area contributed by atoms with Crippen LogP contribution in [-0.4, -0.2) is 36.2 Å². The summed E-state index contributed by atoms with van der Waals surface area (Å²) in [7, 11) is 0. The third-order valence-electron chi connectivity index (χ3n) is 4.88. The number of ether oxygens (including phenoxy) is 1. The lowest BCUT2D eigenvalue weighted by Gasteiger charge is -2.29. The standard InChI is InChI=1S/C21H21FN6O/c22-15-5-3-14(4-6-15)18-7-9-28(21(24)27-18)16-10-20(19(11-23)26-12-16)29-17-2-1-8-25-13-17/h3-7,9-10,12,17,21,25H,1-2,8,13,24H2. The molecule has 1 fully saturated rings. The zero-order chi connectivity index (χ0) is 20.2. The normalized spacial score (nSPS) is 21.4. The molecule has 1 aromatic carbocycles. The van der Waals surface area contributed by atoms with Crippen molar-refractivity contribution in [3.8, 4) is 11.8 Å². The number of halogens is 1. The van der Waals surface area contributed by atoms with Gasteiger partial charge in [-0.25, -0.2) is 14.4 Å². The van der Waals surface area contributed by atoms with E-state index in [2.05, 4.69) is 21.4 Å². The van der Waals surface area contributed by atoms with Crippen LogP contribution in [0.4, 0.5) is 10.1 Å². The molecule has 2 aromatic rings. The summed E-state index contributed by atoms with van der Waals surface area (Å²) in [6, 6.07) is 9.94. The maximum Gasteiger partial charge on any atom is 0.182 e. The van der Waals surface area contributed by atoms with Gasteiger partial charge in [0.05, 0.1) is 17.6 Å². The fourth-order valence-electron chi connectivity index (χ4n) is 3.37. The van der Waals surface area contributed by atoms with Crippen molar-refractivity contribution >= 4 is 11.4 Å². The Hall–Kier alpha value is -3.28. The number of hydrogen-bond acceptors (Lipinski definition) is 7. The number of nitriles is 1. The van der Waals surface area contributed by atoms with E-state index in [9.17, 15) is 9.65 Å². The molecule has 7 nitrogen and oxygen atoms in total. The third kappa shape index (κ3) is 4.26. The van der Waals surface area contributed by atoms with Gasteiger partial charge in [0.15, 0.2) is 17.7 Å². The van der Waals surface area contributed by atoms with Crippen LogP contribution in [0.15, 0.2) is 53.8 Å². The maximum atomic E-state index is 13.1. The van der Waals surface area contributed by atoms with E-state index in [1.807, 2.05) is 0 Å². The third-order valence-corrected chi connectivity index (χ3v) is 4.88. The molecule has 0 radical (unpaired) electrons. The van der Waals surface area contributed by atoms with Crippen LogP contribution in [-0.2, 0) is 0 Å². The number of aromatic nitrogens is 1. The van der Waals surface area contributed by atoms with Gasteiger partial charge in [-0.3, -0.25) is 5.73 Å². The molecule has 2 aliphatic rings. The largest absolute Gasteiger partial charge is 0.486 e. The van der Waals surface area contributed by atoms with Gasteiger partial charge in [0, 0.05) is 24.4 Å². The number of benzene rings is 1. The second-order valence-electron chi connectivity index (χ2n) is 6.90. The molecule has 0 saturated carbocycles. The molecule has 0 bridgehead atoms. The number of nitrogens with two attached hydrogens (primary N) is 1. The second-order valence-corrected chi connectivity index (χ2v) is 6.90. The Labute approximate surface area is 168 Å². The van der Waals surface area contributed by atoms with Crippen molar-refractivity contribution in [2.24, 2.45) is 10.7 Å². The summed E-state index contributed by atoms with van der Waals surface area (Å²) in [4.78, 5) is 10.5. The Kier molecular flexibility index (Phi) is 5.51. The molecule has 8 heteroatoms. The van der Waals surface area contributed by atoms with Gasteiger partial charge < -0.3 is 15.0 Å². The number of pyridine rings is 1. The van der Waals surface area contributed by atoms with Crippen LogP contribution < -0.4 is 20.7 Å². The van der Waals surface area contributed by atoms with Crippen molar-refractivity contribution in [2.75, 3.05) is 18.0 Å². The van der Waals surface area contributed by atoms with Crippen LogP contribution in [0.2, 0.25) is 0 Å². The summed E-state index contributed by atoms with van der Waals surface area (Å²) in [6.07, 6.45) is 6.45. The number of allylic oxidation sites excluding steroid dienone is 1. The van der Waals surface area contributed by atoms with Crippen LogP contribution in [0.3, 0.4) is 0 Å². The molecule has 3 heterocycles. The lowest BCUT2D eigenvalue weighted by molar-refractivity contribution is 0.166. The van der Waals surface area contributed by atoms with E-state index in [0.717, 1.165) is 31.5 Å². The Bertz CT molecular complexity index is 976. The van der Waals surface area contributed by atoms with Crippen LogP contribution in [0.5, 0.6) is 5.75 Å². The van der Waals surface area contributed by atoms with E-state index in [1.165, 1.54) is 12.1 Å². The molecule has 1 saturated heterocycles. The summed E-state index contributed by atoms with van der Waals surface area (Å²) in [5, 5.41) is 12.7. The first-order valence-corrected chi connectivity index (χ1v) is 9.47. The minimum absolute atomic E-state index is 0.00145. The summed E-state index contributed by atoms with van der Waals surface area (Å²) in [6.45, 7) is 1.72. The van der Waals surface area contributed by atoms with Crippen LogP contribution in [0.25, 0.3) is 0 Å². The molecule has 2 atom stereocenters. The van der Waals surface area contributed by atoms with Gasteiger partial charge in [-0.2, -0.15) is 5.26 Å². The van der Waals surface area contributed by atoms with Crippen molar-refractivity contribution in [3.63, 3.8) is 0 Å². The van der Waals surface area contributed by atoms with E-state index in [1.54, 1.807) is 41.6 Å². The van der Waals surface area contributed by atoms with Gasteiger partial charge in [-0.1, -0.05) is 0 Å². The maximum absolute atomic E-state index is 13.1. The number of piperidine rings is 1. The van der Waals surface area contributed by atoms with E-state index < -0.39 is 6.29 Å². The number of nitrogens with zero attached hydrogens (tertiary/aromatic N) is 4. The monoisotopic (exact) mass is 392 g/mol. The highest BCUT2D eigenvalue weighted by Gasteiger charge is 2.21. The van der Waals surface area contributed by atoms with Gasteiger partial charge in [0.2, 0.25) is 0 Å². The molecule has 0 amide bonds. The van der Waals surface area contributed by atoms with Crippen LogP contribution in [0.1, 0.15) is 24.1 Å². The van der Waals surface area contributed by atoms with E-state index in [0.29, 0.717) is 17.1 Å². The van der Waals surface area contributed by atoms with Gasteiger partial charge >= 0.3 is 0 Å². The number of rotatable bonds is 4. The Morgan fingerprint density at radius 2 is 2.14 bits per heavy atom. The molecule has 4 rings (SSSR count). The molecular formula is C21H21FN6O. The molecular weight excluding hydrogens is 371 g/mol. The second kappa shape index (κ2) is 8.39. The van der Waals surface area contributed by atoms with Crippen molar-refractivity contribution < 1.29 is 9.13 Å². The van der Waals surface area contributed by atoms with Crippen molar-refractivity contribution in [3.05, 3.63) is 65.9 Å². The van der Waals surface area contributed by atoms with Crippen LogP contribution >= 0.6 is 0 Å². The highest BCUT2D eigenvalue weighted by atomic mass is 19.1. The molecule has 2 aliphatic heterocycles. The average molecular weight is 392 g/mol. The SMILES string of the molecule is N#Cc1ncc(N2C=CC(c3ccc(F)cc3)=NC2N)cc1OC1CCCNC1. The molecule has 3 N–H and O–H groups in total. The molecule has 148 valence electrons. The quantitative estimate of drug-likeness (QED) is 0.828. The number of anilines is 1. The Morgan fingerprint density at radius 3 is 2.83 bits per heavy atom. The Balaban J connectivity index is 1.55. The highest BCUT2D eigenvalue weighted by Crippen LogP contribution is 2.27. The highest BCUT2D eigenvalue weighted by molar-refractivity contribution is 6.09. The first-order chi connectivity index (χ1) is 14.1. The lowest BCUT2D eigenvalue weighted by atomic mass is 10.1. The molecule has 2 unspecified atom stereocenters. The predicted molar refractivity (Wildman–Crippen MR) is 108 cm³/mol. The van der Waals surface area contributed by atoms with E-state index >= 15 is 0 Å². The number of nitrogens with one attached hydrogen (secondary N) is 1. The summed E-state index contributed by atoms with van der Waals surface area (Å²) >= 11 is 0. The minimum Gasteiger partial charge on any atom is -0.486 e. The lowest BCUT2D eigenvalue weighted by Crippen LogP contribution is -2.40. The van der Waals surface area contributed by atoms with Gasteiger partial charge in [-0.15, -0.1) is 0 Å². The van der Waals surface area contributed by atoms with Gasteiger partial charge in [0.1, 0.15) is 18.0 Å². The van der Waals surface area contributed by atoms with Crippen molar-refractivity contribution in [1.29, 1.82) is 5.26 Å². The summed E-state index contributed by atoms with van der Waals surface area (Å²) in [5.74, 6) is 0.136. The molecule has 0 aliphatic carbocycles. The molecule has 1 aromatic heterocycles. The van der Waals surface area contributed by atoms with Gasteiger partial charge in [0.25, 0.3) is 0 Å². The average Bonchev–Trinajstić information content (AvgIpc) is 2.75. The number of hydrogen-bond donors (Lipinski definition) is 2. The van der Waals surface area contributed by atoms with Gasteiger partial charge in [-0.05, 0) is 49.7 Å². The van der Waals surface area contributed by atoms with Crippen molar-refractivity contribution in [2.45, 2.75) is 25.2 Å². The fraction of sp³-hybridized carbons (Fsp3) is 0.286.